The SMILES string of the molecule is CN(C)c1cccc2c1CN(Cc1ccccc1F)C2CN. The maximum absolute atomic E-state index is 13.9. The average Bonchev–Trinajstić information content (AvgIpc) is 2.86. The first-order valence-electron chi connectivity index (χ1n) is 7.58. The number of halogens is 1. The molecule has 0 saturated carbocycles. The van der Waals surface area contributed by atoms with Crippen molar-refractivity contribution in [2.24, 2.45) is 5.73 Å². The largest absolute Gasteiger partial charge is 0.377 e. The lowest BCUT2D eigenvalue weighted by Gasteiger charge is -2.24. The Bertz CT molecular complexity index is 669. The molecule has 116 valence electrons. The van der Waals surface area contributed by atoms with Crippen LogP contribution in [0.4, 0.5) is 10.1 Å². The molecular weight excluding hydrogens is 277 g/mol. The number of nitrogens with zero attached hydrogens (tertiary/aromatic N) is 2. The number of hydrogen-bond acceptors (Lipinski definition) is 3. The van der Waals surface area contributed by atoms with Crippen molar-refractivity contribution in [1.29, 1.82) is 0 Å². The summed E-state index contributed by atoms with van der Waals surface area (Å²) in [5.41, 5.74) is 10.5. The van der Waals surface area contributed by atoms with Gasteiger partial charge >= 0.3 is 0 Å². The summed E-state index contributed by atoms with van der Waals surface area (Å²) in [6.45, 7) is 1.92. The van der Waals surface area contributed by atoms with E-state index in [-0.39, 0.29) is 11.9 Å². The lowest BCUT2D eigenvalue weighted by molar-refractivity contribution is 0.208. The Labute approximate surface area is 131 Å². The molecule has 2 N–H and O–H groups in total. The van der Waals surface area contributed by atoms with Crippen molar-refractivity contribution in [3.05, 3.63) is 65.0 Å². The molecule has 22 heavy (non-hydrogen) atoms. The van der Waals surface area contributed by atoms with Crippen LogP contribution in [-0.2, 0) is 13.1 Å². The Morgan fingerprint density at radius 3 is 2.64 bits per heavy atom. The minimum Gasteiger partial charge on any atom is -0.377 e. The molecule has 0 aliphatic carbocycles. The maximum atomic E-state index is 13.9. The van der Waals surface area contributed by atoms with Crippen molar-refractivity contribution in [3.63, 3.8) is 0 Å². The van der Waals surface area contributed by atoms with Crippen LogP contribution in [0, 0.1) is 5.82 Å². The molecule has 1 atom stereocenters. The van der Waals surface area contributed by atoms with E-state index in [1.165, 1.54) is 22.9 Å². The number of fused-ring (bicyclic) bond motifs is 1. The predicted octanol–water partition coefficient (Wildman–Crippen LogP) is 2.91. The van der Waals surface area contributed by atoms with E-state index < -0.39 is 0 Å². The molecule has 0 spiro atoms. The summed E-state index contributed by atoms with van der Waals surface area (Å²) < 4.78 is 13.9. The first-order valence-corrected chi connectivity index (χ1v) is 7.58. The highest BCUT2D eigenvalue weighted by Gasteiger charge is 2.31. The van der Waals surface area contributed by atoms with Gasteiger partial charge in [0.05, 0.1) is 0 Å². The van der Waals surface area contributed by atoms with E-state index in [2.05, 4.69) is 28.0 Å². The van der Waals surface area contributed by atoms with E-state index in [0.29, 0.717) is 13.1 Å². The number of benzene rings is 2. The van der Waals surface area contributed by atoms with Gasteiger partial charge in [-0.25, -0.2) is 4.39 Å². The van der Waals surface area contributed by atoms with E-state index in [1.807, 2.05) is 26.2 Å². The van der Waals surface area contributed by atoms with Crippen LogP contribution < -0.4 is 10.6 Å². The molecule has 3 rings (SSSR count). The Morgan fingerprint density at radius 1 is 1.18 bits per heavy atom. The summed E-state index contributed by atoms with van der Waals surface area (Å²) in [7, 11) is 4.10. The van der Waals surface area contributed by atoms with Crippen molar-refractivity contribution in [2.75, 3.05) is 25.5 Å². The normalized spacial score (nSPS) is 17.5. The summed E-state index contributed by atoms with van der Waals surface area (Å²) in [6.07, 6.45) is 0. The average molecular weight is 299 g/mol. The molecule has 1 aliphatic rings. The highest BCUT2D eigenvalue weighted by Crippen LogP contribution is 2.38. The zero-order valence-corrected chi connectivity index (χ0v) is 13.1. The molecule has 1 aliphatic heterocycles. The van der Waals surface area contributed by atoms with Crippen LogP contribution in [0.25, 0.3) is 0 Å². The Hall–Kier alpha value is -1.91. The Kier molecular flexibility index (Phi) is 4.14. The molecule has 2 aromatic rings. The van der Waals surface area contributed by atoms with Crippen molar-refractivity contribution in [2.45, 2.75) is 19.1 Å². The van der Waals surface area contributed by atoms with Crippen LogP contribution in [0.3, 0.4) is 0 Å². The quantitative estimate of drug-likeness (QED) is 0.942. The van der Waals surface area contributed by atoms with Crippen LogP contribution in [0.2, 0.25) is 0 Å². The second-order valence-corrected chi connectivity index (χ2v) is 5.99. The second-order valence-electron chi connectivity index (χ2n) is 5.99. The number of anilines is 1. The fraction of sp³-hybridized carbons (Fsp3) is 0.333. The van der Waals surface area contributed by atoms with Gasteiger partial charge in [0.25, 0.3) is 0 Å². The third-order valence-corrected chi connectivity index (χ3v) is 4.38. The molecule has 4 heteroatoms. The Balaban J connectivity index is 1.92. The molecular formula is C18H22FN3. The Morgan fingerprint density at radius 2 is 1.95 bits per heavy atom. The van der Waals surface area contributed by atoms with E-state index in [0.717, 1.165) is 12.1 Å². The van der Waals surface area contributed by atoms with Gasteiger partial charge in [-0.1, -0.05) is 30.3 Å². The van der Waals surface area contributed by atoms with E-state index in [1.54, 1.807) is 6.07 Å². The van der Waals surface area contributed by atoms with Gasteiger partial charge in [-0.15, -0.1) is 0 Å². The van der Waals surface area contributed by atoms with Gasteiger partial charge in [0, 0.05) is 51.0 Å². The first-order chi connectivity index (χ1) is 10.6. The summed E-state index contributed by atoms with van der Waals surface area (Å²) >= 11 is 0. The van der Waals surface area contributed by atoms with Gasteiger partial charge in [-0.2, -0.15) is 0 Å². The minimum absolute atomic E-state index is 0.148. The van der Waals surface area contributed by atoms with Crippen molar-refractivity contribution in [1.82, 2.24) is 4.90 Å². The molecule has 3 nitrogen and oxygen atoms in total. The molecule has 0 amide bonds. The van der Waals surface area contributed by atoms with Gasteiger partial charge in [0.15, 0.2) is 0 Å². The molecule has 1 unspecified atom stereocenters. The van der Waals surface area contributed by atoms with Crippen molar-refractivity contribution >= 4 is 5.69 Å². The fourth-order valence-electron chi connectivity index (χ4n) is 3.29. The summed E-state index contributed by atoms with van der Waals surface area (Å²) in [6, 6.07) is 13.4. The van der Waals surface area contributed by atoms with Gasteiger partial charge < -0.3 is 10.6 Å². The minimum atomic E-state index is -0.151. The standard InChI is InChI=1S/C18H22FN3/c1-21(2)17-9-5-7-14-15(17)12-22(18(14)10-20)11-13-6-3-4-8-16(13)19/h3-9,18H,10-12,20H2,1-2H3. The van der Waals surface area contributed by atoms with Crippen LogP contribution in [-0.4, -0.2) is 25.5 Å². The topological polar surface area (TPSA) is 32.5 Å². The molecule has 0 aromatic heterocycles. The monoisotopic (exact) mass is 299 g/mol. The first kappa shape index (κ1) is 15.0. The summed E-state index contributed by atoms with van der Waals surface area (Å²) in [5.74, 6) is -0.151. The molecule has 0 radical (unpaired) electrons. The van der Waals surface area contributed by atoms with Crippen LogP contribution >= 0.6 is 0 Å². The summed E-state index contributed by atoms with van der Waals surface area (Å²) in [4.78, 5) is 4.38. The van der Waals surface area contributed by atoms with Gasteiger partial charge in [0.2, 0.25) is 0 Å². The highest BCUT2D eigenvalue weighted by molar-refractivity contribution is 5.58. The van der Waals surface area contributed by atoms with Crippen molar-refractivity contribution in [3.8, 4) is 0 Å². The van der Waals surface area contributed by atoms with Gasteiger partial charge in [0.1, 0.15) is 5.82 Å². The maximum Gasteiger partial charge on any atom is 0.127 e. The summed E-state index contributed by atoms with van der Waals surface area (Å²) in [5, 5.41) is 0. The lowest BCUT2D eigenvalue weighted by Crippen LogP contribution is -2.27. The van der Waals surface area contributed by atoms with Crippen LogP contribution in [0.1, 0.15) is 22.7 Å². The van der Waals surface area contributed by atoms with Gasteiger partial charge in [-0.05, 0) is 23.3 Å². The third kappa shape index (κ3) is 2.60. The van der Waals surface area contributed by atoms with E-state index in [9.17, 15) is 4.39 Å². The van der Waals surface area contributed by atoms with E-state index in [4.69, 9.17) is 5.73 Å². The van der Waals surface area contributed by atoms with E-state index >= 15 is 0 Å². The lowest BCUT2D eigenvalue weighted by atomic mass is 10.0. The third-order valence-electron chi connectivity index (χ3n) is 4.38. The zero-order chi connectivity index (χ0) is 15.7. The molecule has 0 saturated heterocycles. The predicted molar refractivity (Wildman–Crippen MR) is 88.2 cm³/mol. The number of rotatable bonds is 4. The smallest absolute Gasteiger partial charge is 0.127 e. The number of hydrogen-bond donors (Lipinski definition) is 1. The second kappa shape index (κ2) is 6.07. The molecule has 0 fully saturated rings. The van der Waals surface area contributed by atoms with Crippen LogP contribution in [0.15, 0.2) is 42.5 Å². The number of nitrogens with two attached hydrogens (primary N) is 1. The van der Waals surface area contributed by atoms with Crippen molar-refractivity contribution < 1.29 is 4.39 Å². The highest BCUT2D eigenvalue weighted by atomic mass is 19.1. The van der Waals surface area contributed by atoms with Crippen LogP contribution in [0.5, 0.6) is 0 Å². The molecule has 1 heterocycles. The molecule has 0 bridgehead atoms. The van der Waals surface area contributed by atoms with Gasteiger partial charge in [-0.3, -0.25) is 4.90 Å². The zero-order valence-electron chi connectivity index (χ0n) is 13.1. The molecule has 2 aromatic carbocycles. The fourth-order valence-corrected chi connectivity index (χ4v) is 3.29.